The molecule has 0 radical (unpaired) electrons. The fourth-order valence-corrected chi connectivity index (χ4v) is 0.516. The van der Waals surface area contributed by atoms with Crippen molar-refractivity contribution in [3.63, 3.8) is 0 Å². The lowest BCUT2D eigenvalue weighted by molar-refractivity contribution is -0.134. The molecule has 0 saturated heterocycles. The lowest BCUT2D eigenvalue weighted by Crippen LogP contribution is -1.91. The minimum absolute atomic E-state index is 0.558. The summed E-state index contributed by atoms with van der Waals surface area (Å²) in [6.07, 6.45) is 4.56. The number of hydrogen-bond donors (Lipinski definition) is 2. The number of aromatic nitrogens is 2. The van der Waals surface area contributed by atoms with Crippen LogP contribution in [0.1, 0.15) is 5.82 Å². The Kier molecular flexibility index (Phi) is 6.12. The van der Waals surface area contributed by atoms with E-state index in [9.17, 15) is 9.59 Å². The maximum Gasteiger partial charge on any atom is 0.328 e. The molecule has 0 bridgehead atoms. The monoisotopic (exact) mass is 210 g/mol. The first kappa shape index (κ1) is 12.8. The molecule has 1 heterocycles. The van der Waals surface area contributed by atoms with Crippen LogP contribution in [0.4, 0.5) is 0 Å². The molecule has 80 valence electrons. The summed E-state index contributed by atoms with van der Waals surface area (Å²) in [5, 5.41) is 15.6. The van der Waals surface area contributed by atoms with Crippen LogP contribution < -0.4 is 0 Å². The maximum atomic E-state index is 9.55. The van der Waals surface area contributed by atoms with Crippen molar-refractivity contribution in [2.75, 3.05) is 0 Å². The summed E-state index contributed by atoms with van der Waals surface area (Å²) < 4.78 is 0. The number of carbonyl (C=O) groups is 2. The van der Waals surface area contributed by atoms with Gasteiger partial charge in [0.15, 0.2) is 0 Å². The molecule has 6 nitrogen and oxygen atoms in total. The van der Waals surface area contributed by atoms with Gasteiger partial charge >= 0.3 is 11.9 Å². The number of hydrogen-bond acceptors (Lipinski definition) is 4. The quantitative estimate of drug-likeness (QED) is 0.689. The van der Waals surface area contributed by atoms with Gasteiger partial charge in [0.1, 0.15) is 5.82 Å². The molecule has 0 aliphatic carbocycles. The minimum Gasteiger partial charge on any atom is -0.478 e. The molecule has 2 N–H and O–H groups in total. The second-order valence-corrected chi connectivity index (χ2v) is 2.31. The summed E-state index contributed by atoms with van der Waals surface area (Å²) >= 11 is 0. The number of aliphatic carboxylic acids is 2. The Hall–Kier alpha value is -2.24. The van der Waals surface area contributed by atoms with Crippen LogP contribution in [0, 0.1) is 6.92 Å². The molecule has 0 fully saturated rings. The first-order valence-corrected chi connectivity index (χ1v) is 3.90. The van der Waals surface area contributed by atoms with Gasteiger partial charge in [-0.3, -0.25) is 0 Å². The summed E-state index contributed by atoms with van der Waals surface area (Å²) in [5.41, 5.74) is 0. The zero-order chi connectivity index (χ0) is 11.7. The highest BCUT2D eigenvalue weighted by Gasteiger charge is 1.88. The van der Waals surface area contributed by atoms with Crippen LogP contribution in [0.25, 0.3) is 0 Å². The molecule has 0 unspecified atom stereocenters. The molecule has 0 aliphatic rings. The van der Waals surface area contributed by atoms with E-state index in [1.807, 2.05) is 6.92 Å². The molecule has 15 heavy (non-hydrogen) atoms. The van der Waals surface area contributed by atoms with Crippen LogP contribution in [0.3, 0.4) is 0 Å². The summed E-state index contributed by atoms with van der Waals surface area (Å²) in [6.45, 7) is 1.86. The lowest BCUT2D eigenvalue weighted by Gasteiger charge is -1.81. The highest BCUT2D eigenvalue weighted by atomic mass is 16.4. The van der Waals surface area contributed by atoms with Crippen molar-refractivity contribution in [2.45, 2.75) is 6.92 Å². The van der Waals surface area contributed by atoms with Crippen molar-refractivity contribution in [2.24, 2.45) is 0 Å². The van der Waals surface area contributed by atoms with Crippen LogP contribution in [0.5, 0.6) is 0 Å². The molecular weight excluding hydrogens is 200 g/mol. The van der Waals surface area contributed by atoms with E-state index in [2.05, 4.69) is 9.97 Å². The fraction of sp³-hybridized carbons (Fsp3) is 0.111. The Balaban J connectivity index is 0.000000262. The smallest absolute Gasteiger partial charge is 0.328 e. The largest absolute Gasteiger partial charge is 0.478 e. The number of nitrogens with zero attached hydrogens (tertiary/aromatic N) is 2. The molecular formula is C9H10N2O4. The van der Waals surface area contributed by atoms with Gasteiger partial charge in [0.05, 0.1) is 0 Å². The minimum atomic E-state index is -1.26. The van der Waals surface area contributed by atoms with Gasteiger partial charge in [-0.25, -0.2) is 19.6 Å². The number of aryl methyl sites for hydroxylation is 1. The third-order valence-corrected chi connectivity index (χ3v) is 1.06. The van der Waals surface area contributed by atoms with Crippen molar-refractivity contribution in [3.05, 3.63) is 36.4 Å². The Bertz CT molecular complexity index is 332. The van der Waals surface area contributed by atoms with E-state index in [0.29, 0.717) is 12.2 Å². The van der Waals surface area contributed by atoms with Crippen LogP contribution in [0.2, 0.25) is 0 Å². The van der Waals surface area contributed by atoms with Crippen LogP contribution in [-0.4, -0.2) is 32.1 Å². The van der Waals surface area contributed by atoms with Gasteiger partial charge in [0.2, 0.25) is 0 Å². The van der Waals surface area contributed by atoms with E-state index in [1.54, 1.807) is 18.5 Å². The SMILES string of the molecule is Cc1ncccn1.O=C(O)/C=C\C(=O)O. The average Bonchev–Trinajstić information content (AvgIpc) is 2.17. The van der Waals surface area contributed by atoms with E-state index in [1.165, 1.54) is 0 Å². The first-order chi connectivity index (χ1) is 7.02. The predicted octanol–water partition coefficient (Wildman–Crippen LogP) is 0.497. The van der Waals surface area contributed by atoms with Gasteiger partial charge < -0.3 is 10.2 Å². The summed E-state index contributed by atoms with van der Waals surface area (Å²) in [4.78, 5) is 26.8. The van der Waals surface area contributed by atoms with E-state index < -0.39 is 11.9 Å². The molecule has 1 rings (SSSR count). The van der Waals surface area contributed by atoms with Gasteiger partial charge in [0.25, 0.3) is 0 Å². The first-order valence-electron chi connectivity index (χ1n) is 3.90. The molecule has 0 aromatic carbocycles. The van der Waals surface area contributed by atoms with Crippen molar-refractivity contribution < 1.29 is 19.8 Å². The summed E-state index contributed by atoms with van der Waals surface area (Å²) in [6, 6.07) is 1.80. The third kappa shape index (κ3) is 9.68. The summed E-state index contributed by atoms with van der Waals surface area (Å²) in [5.74, 6) is -1.69. The summed E-state index contributed by atoms with van der Waals surface area (Å²) in [7, 11) is 0. The third-order valence-electron chi connectivity index (χ3n) is 1.06. The van der Waals surface area contributed by atoms with Crippen LogP contribution in [-0.2, 0) is 9.59 Å². The Morgan fingerprint density at radius 2 is 1.53 bits per heavy atom. The zero-order valence-corrected chi connectivity index (χ0v) is 7.99. The fourth-order valence-electron chi connectivity index (χ4n) is 0.516. The molecule has 1 aromatic rings. The van der Waals surface area contributed by atoms with Crippen molar-refractivity contribution in [1.82, 2.24) is 9.97 Å². The van der Waals surface area contributed by atoms with Crippen LogP contribution in [0.15, 0.2) is 30.6 Å². The Labute approximate surface area is 85.9 Å². The molecule has 0 atom stereocenters. The predicted molar refractivity (Wildman–Crippen MR) is 51.2 cm³/mol. The highest BCUT2D eigenvalue weighted by molar-refractivity contribution is 5.89. The molecule has 0 saturated carbocycles. The van der Waals surface area contributed by atoms with Gasteiger partial charge in [-0.05, 0) is 13.0 Å². The molecule has 0 spiro atoms. The maximum absolute atomic E-state index is 9.55. The standard InChI is InChI=1S/C5H6N2.C4H4O4/c1-5-6-3-2-4-7-5;5-3(6)1-2-4(7)8/h2-4H,1H3;1-2H,(H,5,6)(H,7,8)/b;2-1-. The number of carboxylic acid groups (broad SMARTS) is 2. The van der Waals surface area contributed by atoms with E-state index >= 15 is 0 Å². The lowest BCUT2D eigenvalue weighted by atomic mass is 10.5. The van der Waals surface area contributed by atoms with Crippen molar-refractivity contribution >= 4 is 11.9 Å². The molecule has 6 heteroatoms. The topological polar surface area (TPSA) is 100 Å². The Morgan fingerprint density at radius 1 is 1.13 bits per heavy atom. The Morgan fingerprint density at radius 3 is 1.73 bits per heavy atom. The van der Waals surface area contributed by atoms with Gasteiger partial charge in [0, 0.05) is 24.5 Å². The van der Waals surface area contributed by atoms with Crippen molar-refractivity contribution in [3.8, 4) is 0 Å². The van der Waals surface area contributed by atoms with Gasteiger partial charge in [-0.1, -0.05) is 0 Å². The highest BCUT2D eigenvalue weighted by Crippen LogP contribution is 1.78. The molecule has 0 amide bonds. The molecule has 1 aromatic heterocycles. The normalized spacial score (nSPS) is 9.13. The average molecular weight is 210 g/mol. The zero-order valence-electron chi connectivity index (χ0n) is 7.99. The molecule has 0 aliphatic heterocycles. The number of rotatable bonds is 2. The van der Waals surface area contributed by atoms with Crippen molar-refractivity contribution in [1.29, 1.82) is 0 Å². The van der Waals surface area contributed by atoms with Gasteiger partial charge in [-0.15, -0.1) is 0 Å². The number of carboxylic acids is 2. The van der Waals surface area contributed by atoms with E-state index in [0.717, 1.165) is 5.82 Å². The second kappa shape index (κ2) is 7.19. The van der Waals surface area contributed by atoms with Gasteiger partial charge in [-0.2, -0.15) is 0 Å². The van der Waals surface area contributed by atoms with Crippen LogP contribution >= 0.6 is 0 Å². The second-order valence-electron chi connectivity index (χ2n) is 2.31. The van der Waals surface area contributed by atoms with E-state index in [-0.39, 0.29) is 0 Å². The van der Waals surface area contributed by atoms with E-state index in [4.69, 9.17) is 10.2 Å².